The number of thiophene rings is 1. The van der Waals surface area contributed by atoms with Gasteiger partial charge in [0.1, 0.15) is 0 Å². The maximum absolute atomic E-state index is 12.4. The van der Waals surface area contributed by atoms with E-state index in [1.165, 1.54) is 11.8 Å². The largest absolute Gasteiger partial charge is 0.362 e. The summed E-state index contributed by atoms with van der Waals surface area (Å²) in [4.78, 5) is 16.7. The van der Waals surface area contributed by atoms with Crippen LogP contribution in [-0.4, -0.2) is 31.3 Å². The van der Waals surface area contributed by atoms with E-state index in [2.05, 4.69) is 26.7 Å². The third-order valence-electron chi connectivity index (χ3n) is 3.56. The molecule has 120 valence electrons. The van der Waals surface area contributed by atoms with Crippen LogP contribution in [0.25, 0.3) is 10.7 Å². The Bertz CT molecular complexity index is 817. The van der Waals surface area contributed by atoms with E-state index in [0.29, 0.717) is 5.75 Å². The van der Waals surface area contributed by atoms with Gasteiger partial charge < -0.3 is 9.55 Å². The molecular weight excluding hydrogens is 328 g/mol. The van der Waals surface area contributed by atoms with Crippen LogP contribution in [0.4, 0.5) is 0 Å². The van der Waals surface area contributed by atoms with Crippen molar-refractivity contribution >= 4 is 28.9 Å². The Morgan fingerprint density at radius 2 is 2.22 bits per heavy atom. The molecule has 3 rings (SSSR count). The van der Waals surface area contributed by atoms with Gasteiger partial charge in [0.15, 0.2) is 16.8 Å². The molecule has 0 aliphatic heterocycles. The van der Waals surface area contributed by atoms with Crippen molar-refractivity contribution in [3.05, 3.63) is 40.5 Å². The summed E-state index contributed by atoms with van der Waals surface area (Å²) in [5.74, 6) is 1.34. The summed E-state index contributed by atoms with van der Waals surface area (Å²) in [6.07, 6.45) is 0. The third-order valence-corrected chi connectivity index (χ3v) is 5.39. The average molecular weight is 346 g/mol. The molecule has 5 nitrogen and oxygen atoms in total. The fourth-order valence-electron chi connectivity index (χ4n) is 2.49. The number of nitrogens with one attached hydrogen (secondary N) is 1. The zero-order valence-electron chi connectivity index (χ0n) is 13.3. The number of aromatic amines is 1. The first kappa shape index (κ1) is 16.0. The van der Waals surface area contributed by atoms with Crippen molar-refractivity contribution < 1.29 is 4.79 Å². The Morgan fingerprint density at radius 3 is 2.83 bits per heavy atom. The lowest BCUT2D eigenvalue weighted by Crippen LogP contribution is -2.05. The number of aromatic nitrogens is 4. The molecule has 0 fully saturated rings. The number of hydrogen-bond acceptors (Lipinski definition) is 5. The van der Waals surface area contributed by atoms with Crippen LogP contribution in [-0.2, 0) is 6.54 Å². The smallest absolute Gasteiger partial charge is 0.191 e. The van der Waals surface area contributed by atoms with Crippen molar-refractivity contribution in [2.45, 2.75) is 32.5 Å². The van der Waals surface area contributed by atoms with Crippen LogP contribution in [0, 0.1) is 13.8 Å². The van der Waals surface area contributed by atoms with Crippen LogP contribution in [0.1, 0.15) is 28.7 Å². The summed E-state index contributed by atoms with van der Waals surface area (Å²) >= 11 is 3.08. The number of nitrogens with zero attached hydrogens (tertiary/aromatic N) is 3. The van der Waals surface area contributed by atoms with Crippen molar-refractivity contribution in [3.63, 3.8) is 0 Å². The van der Waals surface area contributed by atoms with Crippen LogP contribution in [0.2, 0.25) is 0 Å². The summed E-state index contributed by atoms with van der Waals surface area (Å²) in [7, 11) is 0. The van der Waals surface area contributed by atoms with Gasteiger partial charge in [0.25, 0.3) is 0 Å². The maximum Gasteiger partial charge on any atom is 0.191 e. The Balaban J connectivity index is 1.76. The van der Waals surface area contributed by atoms with Gasteiger partial charge in [0.05, 0.1) is 10.6 Å². The van der Waals surface area contributed by atoms with E-state index in [1.54, 1.807) is 11.3 Å². The number of hydrogen-bond donors (Lipinski definition) is 1. The van der Waals surface area contributed by atoms with Crippen LogP contribution < -0.4 is 0 Å². The first-order chi connectivity index (χ1) is 11.1. The summed E-state index contributed by atoms with van der Waals surface area (Å²) in [5.41, 5.74) is 2.69. The van der Waals surface area contributed by atoms with E-state index in [4.69, 9.17) is 0 Å². The first-order valence-electron chi connectivity index (χ1n) is 7.39. The number of aryl methyl sites for hydroxylation is 2. The fraction of sp³-hybridized carbons (Fsp3) is 0.312. The van der Waals surface area contributed by atoms with Gasteiger partial charge in [-0.25, -0.2) is 0 Å². The first-order valence-corrected chi connectivity index (χ1v) is 9.26. The van der Waals surface area contributed by atoms with Gasteiger partial charge in [-0.1, -0.05) is 17.8 Å². The standard InChI is InChI=1S/C16H18N4OS2/c1-4-20-15(14-6-5-7-22-14)18-19-16(20)23-9-13(21)12-8-10(2)17-11(12)3/h5-8,17H,4,9H2,1-3H3. The molecule has 3 heterocycles. The van der Waals surface area contributed by atoms with Gasteiger partial charge in [-0.2, -0.15) is 0 Å². The molecule has 1 N–H and O–H groups in total. The zero-order chi connectivity index (χ0) is 16.4. The van der Waals surface area contributed by atoms with Crippen molar-refractivity contribution in [2.24, 2.45) is 0 Å². The summed E-state index contributed by atoms with van der Waals surface area (Å²) in [6, 6.07) is 5.94. The summed E-state index contributed by atoms with van der Waals surface area (Å²) in [6.45, 7) is 6.72. The van der Waals surface area contributed by atoms with E-state index in [1.807, 2.05) is 37.4 Å². The highest BCUT2D eigenvalue weighted by Gasteiger charge is 2.17. The second kappa shape index (κ2) is 6.72. The molecule has 0 atom stereocenters. The molecule has 0 aliphatic rings. The topological polar surface area (TPSA) is 63.6 Å². The van der Waals surface area contributed by atoms with Gasteiger partial charge in [-0.3, -0.25) is 4.79 Å². The van der Waals surface area contributed by atoms with Gasteiger partial charge in [0, 0.05) is 23.5 Å². The Labute approximate surface area is 143 Å². The van der Waals surface area contributed by atoms with E-state index in [9.17, 15) is 4.79 Å². The Hall–Kier alpha value is -1.86. The number of rotatable bonds is 6. The molecule has 0 amide bonds. The average Bonchev–Trinajstić information content (AvgIpc) is 3.23. The predicted molar refractivity (Wildman–Crippen MR) is 94.3 cm³/mol. The summed E-state index contributed by atoms with van der Waals surface area (Å²) < 4.78 is 2.05. The van der Waals surface area contributed by atoms with Crippen LogP contribution >= 0.6 is 23.1 Å². The molecule has 0 saturated carbocycles. The molecule has 0 bridgehead atoms. The van der Waals surface area contributed by atoms with Gasteiger partial charge >= 0.3 is 0 Å². The van der Waals surface area contributed by atoms with Crippen molar-refractivity contribution in [1.82, 2.24) is 19.7 Å². The number of carbonyl (C=O) groups excluding carboxylic acids is 1. The van der Waals surface area contributed by atoms with E-state index >= 15 is 0 Å². The number of carbonyl (C=O) groups is 1. The van der Waals surface area contributed by atoms with E-state index in [0.717, 1.165) is 39.4 Å². The molecular formula is C16H18N4OS2. The molecule has 0 spiro atoms. The number of ketones is 1. The van der Waals surface area contributed by atoms with Crippen LogP contribution in [0.5, 0.6) is 0 Å². The highest BCUT2D eigenvalue weighted by molar-refractivity contribution is 7.99. The Kier molecular flexibility index (Phi) is 4.68. The third kappa shape index (κ3) is 3.25. The minimum absolute atomic E-state index is 0.111. The number of H-pyrrole nitrogens is 1. The highest BCUT2D eigenvalue weighted by atomic mass is 32.2. The molecule has 0 radical (unpaired) electrons. The lowest BCUT2D eigenvalue weighted by Gasteiger charge is -2.05. The molecule has 0 saturated heterocycles. The highest BCUT2D eigenvalue weighted by Crippen LogP contribution is 2.27. The van der Waals surface area contributed by atoms with Gasteiger partial charge in [-0.15, -0.1) is 21.5 Å². The molecule has 0 aromatic carbocycles. The van der Waals surface area contributed by atoms with E-state index in [-0.39, 0.29) is 5.78 Å². The molecule has 3 aromatic heterocycles. The quantitative estimate of drug-likeness (QED) is 0.542. The van der Waals surface area contributed by atoms with Gasteiger partial charge in [-0.05, 0) is 38.3 Å². The van der Waals surface area contributed by atoms with Gasteiger partial charge in [0.2, 0.25) is 0 Å². The molecule has 3 aromatic rings. The monoisotopic (exact) mass is 346 g/mol. The second-order valence-electron chi connectivity index (χ2n) is 5.23. The molecule has 7 heteroatoms. The molecule has 0 unspecified atom stereocenters. The SMILES string of the molecule is CCn1c(SCC(=O)c2cc(C)[nH]c2C)nnc1-c1cccs1. The normalized spacial score (nSPS) is 11.1. The molecule has 0 aliphatic carbocycles. The van der Waals surface area contributed by atoms with Crippen LogP contribution in [0.15, 0.2) is 28.7 Å². The fourth-order valence-corrected chi connectivity index (χ4v) is 4.09. The zero-order valence-corrected chi connectivity index (χ0v) is 14.9. The van der Waals surface area contributed by atoms with E-state index < -0.39 is 0 Å². The lowest BCUT2D eigenvalue weighted by molar-refractivity contribution is 0.102. The second-order valence-corrected chi connectivity index (χ2v) is 7.12. The van der Waals surface area contributed by atoms with Crippen molar-refractivity contribution in [2.75, 3.05) is 5.75 Å². The number of thioether (sulfide) groups is 1. The van der Waals surface area contributed by atoms with Crippen molar-refractivity contribution in [3.8, 4) is 10.7 Å². The number of Topliss-reactive ketones (excluding diaryl/α,β-unsaturated/α-hetero) is 1. The van der Waals surface area contributed by atoms with Crippen LogP contribution in [0.3, 0.4) is 0 Å². The minimum Gasteiger partial charge on any atom is -0.362 e. The predicted octanol–water partition coefficient (Wildman–Crippen LogP) is 3.95. The lowest BCUT2D eigenvalue weighted by atomic mass is 10.2. The maximum atomic E-state index is 12.4. The minimum atomic E-state index is 0.111. The Morgan fingerprint density at radius 1 is 1.39 bits per heavy atom. The summed E-state index contributed by atoms with van der Waals surface area (Å²) in [5, 5.41) is 11.4. The van der Waals surface area contributed by atoms with Crippen molar-refractivity contribution in [1.29, 1.82) is 0 Å². The molecule has 23 heavy (non-hydrogen) atoms.